The number of methoxy groups -OCH3 is 1. The second-order valence-electron chi connectivity index (χ2n) is 4.85. The van der Waals surface area contributed by atoms with Crippen LogP contribution in [0.15, 0.2) is 0 Å². The summed E-state index contributed by atoms with van der Waals surface area (Å²) < 4.78 is 5.33. The van der Waals surface area contributed by atoms with E-state index in [1.807, 2.05) is 7.11 Å². The lowest BCUT2D eigenvalue weighted by molar-refractivity contribution is -0.0342. The van der Waals surface area contributed by atoms with Gasteiger partial charge in [-0.05, 0) is 45.3 Å². The lowest BCUT2D eigenvalue weighted by Crippen LogP contribution is -2.52. The highest BCUT2D eigenvalue weighted by atomic mass is 16.5. The van der Waals surface area contributed by atoms with Crippen LogP contribution in [-0.2, 0) is 4.74 Å². The highest BCUT2D eigenvalue weighted by molar-refractivity contribution is 4.90. The van der Waals surface area contributed by atoms with Crippen LogP contribution < -0.4 is 5.32 Å². The Bertz CT molecular complexity index is 184. The van der Waals surface area contributed by atoms with Crippen molar-refractivity contribution < 1.29 is 4.74 Å². The Kier molecular flexibility index (Phi) is 4.00. The van der Waals surface area contributed by atoms with E-state index in [1.165, 1.54) is 38.8 Å². The molecular formula is C12H24N2O. The van der Waals surface area contributed by atoms with E-state index < -0.39 is 0 Å². The molecule has 0 aromatic rings. The highest BCUT2D eigenvalue weighted by Gasteiger charge is 2.35. The van der Waals surface area contributed by atoms with Gasteiger partial charge in [-0.2, -0.15) is 0 Å². The van der Waals surface area contributed by atoms with Crippen molar-refractivity contribution in [2.75, 3.05) is 26.7 Å². The normalized spacial score (nSPS) is 34.0. The van der Waals surface area contributed by atoms with E-state index in [2.05, 4.69) is 17.1 Å². The van der Waals surface area contributed by atoms with Gasteiger partial charge in [0.05, 0.1) is 6.10 Å². The van der Waals surface area contributed by atoms with Crippen molar-refractivity contribution in [3.05, 3.63) is 0 Å². The number of nitrogens with one attached hydrogen (secondary N) is 1. The Morgan fingerprint density at radius 3 is 2.47 bits per heavy atom. The van der Waals surface area contributed by atoms with Crippen LogP contribution in [0.1, 0.15) is 32.6 Å². The van der Waals surface area contributed by atoms with Crippen LogP contribution in [0, 0.1) is 0 Å². The van der Waals surface area contributed by atoms with Gasteiger partial charge in [0.1, 0.15) is 0 Å². The minimum Gasteiger partial charge on any atom is -0.381 e. The van der Waals surface area contributed by atoms with Crippen molar-refractivity contribution in [3.63, 3.8) is 0 Å². The van der Waals surface area contributed by atoms with Crippen LogP contribution >= 0.6 is 0 Å². The molecule has 2 aliphatic rings. The fraction of sp³-hybridized carbons (Fsp3) is 1.00. The number of hydrogen-bond acceptors (Lipinski definition) is 3. The van der Waals surface area contributed by atoms with E-state index in [0.29, 0.717) is 6.10 Å². The lowest BCUT2D eigenvalue weighted by Gasteiger charge is -2.45. The van der Waals surface area contributed by atoms with E-state index in [-0.39, 0.29) is 0 Å². The molecular weight excluding hydrogens is 188 g/mol. The van der Waals surface area contributed by atoms with Gasteiger partial charge in [0.25, 0.3) is 0 Å². The van der Waals surface area contributed by atoms with Gasteiger partial charge in [-0.1, -0.05) is 6.92 Å². The molecule has 0 spiro atoms. The second kappa shape index (κ2) is 5.28. The average molecular weight is 212 g/mol. The van der Waals surface area contributed by atoms with Gasteiger partial charge in [0, 0.05) is 19.2 Å². The number of ether oxygens (including phenoxy) is 1. The van der Waals surface area contributed by atoms with Crippen LogP contribution in [-0.4, -0.2) is 49.8 Å². The average Bonchev–Trinajstić information content (AvgIpc) is 2.19. The predicted octanol–water partition coefficient (Wildman–Crippen LogP) is 1.24. The molecule has 0 aromatic carbocycles. The Hall–Kier alpha value is -0.120. The Balaban J connectivity index is 1.66. The van der Waals surface area contributed by atoms with E-state index in [4.69, 9.17) is 4.74 Å². The first kappa shape index (κ1) is 11.4. The van der Waals surface area contributed by atoms with E-state index in [9.17, 15) is 0 Å². The molecule has 1 N–H and O–H groups in total. The maximum absolute atomic E-state index is 5.33. The molecule has 15 heavy (non-hydrogen) atoms. The minimum absolute atomic E-state index is 0.543. The first-order valence-corrected chi connectivity index (χ1v) is 6.33. The summed E-state index contributed by atoms with van der Waals surface area (Å²) in [6, 6.07) is 1.59. The summed E-state index contributed by atoms with van der Waals surface area (Å²) in [6.07, 6.45) is 5.69. The molecule has 1 aliphatic heterocycles. The van der Waals surface area contributed by atoms with Gasteiger partial charge in [-0.3, -0.25) is 0 Å². The summed E-state index contributed by atoms with van der Waals surface area (Å²) in [4.78, 5) is 2.66. The monoisotopic (exact) mass is 212 g/mol. The zero-order valence-electron chi connectivity index (χ0n) is 10.0. The molecule has 0 bridgehead atoms. The van der Waals surface area contributed by atoms with Gasteiger partial charge in [-0.25, -0.2) is 0 Å². The molecule has 0 atom stereocenters. The minimum atomic E-state index is 0.543. The Morgan fingerprint density at radius 2 is 1.93 bits per heavy atom. The topological polar surface area (TPSA) is 24.5 Å². The van der Waals surface area contributed by atoms with Crippen molar-refractivity contribution in [1.82, 2.24) is 10.2 Å². The number of rotatable bonds is 4. The quantitative estimate of drug-likeness (QED) is 0.759. The van der Waals surface area contributed by atoms with Crippen molar-refractivity contribution in [2.24, 2.45) is 0 Å². The Labute approximate surface area is 93.2 Å². The van der Waals surface area contributed by atoms with Gasteiger partial charge < -0.3 is 15.0 Å². The van der Waals surface area contributed by atoms with Crippen molar-refractivity contribution in [3.8, 4) is 0 Å². The SMILES string of the molecule is CCNC1CCN(C2CC(OC)C2)CC1. The van der Waals surface area contributed by atoms with Crippen molar-refractivity contribution >= 4 is 0 Å². The first-order valence-electron chi connectivity index (χ1n) is 6.33. The Morgan fingerprint density at radius 1 is 1.27 bits per heavy atom. The maximum Gasteiger partial charge on any atom is 0.0601 e. The third-order valence-corrected chi connectivity index (χ3v) is 3.94. The van der Waals surface area contributed by atoms with Crippen LogP contribution in [0.3, 0.4) is 0 Å². The number of likely N-dealkylation sites (tertiary alicyclic amines) is 1. The summed E-state index contributed by atoms with van der Waals surface area (Å²) in [6.45, 7) is 5.86. The number of piperidine rings is 1. The summed E-state index contributed by atoms with van der Waals surface area (Å²) in [5, 5.41) is 3.55. The van der Waals surface area contributed by atoms with E-state index >= 15 is 0 Å². The number of nitrogens with zero attached hydrogens (tertiary/aromatic N) is 1. The predicted molar refractivity (Wildman–Crippen MR) is 62.1 cm³/mol. The summed E-state index contributed by atoms with van der Waals surface area (Å²) in [7, 11) is 1.83. The standard InChI is InChI=1S/C12H24N2O/c1-3-13-10-4-6-14(7-5-10)11-8-12(9-11)15-2/h10-13H,3-9H2,1-2H3. The number of hydrogen-bond donors (Lipinski definition) is 1. The second-order valence-corrected chi connectivity index (χ2v) is 4.85. The lowest BCUT2D eigenvalue weighted by atomic mass is 9.86. The fourth-order valence-corrected chi connectivity index (χ4v) is 2.79. The largest absolute Gasteiger partial charge is 0.381 e. The van der Waals surface area contributed by atoms with E-state index in [1.54, 1.807) is 0 Å². The van der Waals surface area contributed by atoms with Gasteiger partial charge in [0.2, 0.25) is 0 Å². The summed E-state index contributed by atoms with van der Waals surface area (Å²) in [5.74, 6) is 0. The fourth-order valence-electron chi connectivity index (χ4n) is 2.79. The van der Waals surface area contributed by atoms with Crippen LogP contribution in [0.5, 0.6) is 0 Å². The van der Waals surface area contributed by atoms with Crippen LogP contribution in [0.25, 0.3) is 0 Å². The molecule has 0 radical (unpaired) electrons. The summed E-state index contributed by atoms with van der Waals surface area (Å²) >= 11 is 0. The molecule has 2 fully saturated rings. The molecule has 0 unspecified atom stereocenters. The first-order chi connectivity index (χ1) is 7.33. The molecule has 1 heterocycles. The molecule has 3 heteroatoms. The van der Waals surface area contributed by atoms with Gasteiger partial charge >= 0.3 is 0 Å². The van der Waals surface area contributed by atoms with Gasteiger partial charge in [-0.15, -0.1) is 0 Å². The maximum atomic E-state index is 5.33. The van der Waals surface area contributed by atoms with Crippen molar-refractivity contribution in [1.29, 1.82) is 0 Å². The van der Waals surface area contributed by atoms with Crippen LogP contribution in [0.4, 0.5) is 0 Å². The molecule has 2 rings (SSSR count). The molecule has 3 nitrogen and oxygen atoms in total. The summed E-state index contributed by atoms with van der Waals surface area (Å²) in [5.41, 5.74) is 0. The molecule has 0 aromatic heterocycles. The highest BCUT2D eigenvalue weighted by Crippen LogP contribution is 2.29. The molecule has 1 saturated heterocycles. The van der Waals surface area contributed by atoms with E-state index in [0.717, 1.165) is 18.6 Å². The van der Waals surface area contributed by atoms with Gasteiger partial charge in [0.15, 0.2) is 0 Å². The van der Waals surface area contributed by atoms with Crippen LogP contribution in [0.2, 0.25) is 0 Å². The molecule has 0 amide bonds. The third kappa shape index (κ3) is 2.71. The molecule has 88 valence electrons. The van der Waals surface area contributed by atoms with Crippen molar-refractivity contribution in [2.45, 2.75) is 50.8 Å². The third-order valence-electron chi connectivity index (χ3n) is 3.94. The zero-order valence-corrected chi connectivity index (χ0v) is 10.0. The zero-order chi connectivity index (χ0) is 10.7. The molecule has 1 saturated carbocycles. The smallest absolute Gasteiger partial charge is 0.0601 e. The molecule has 1 aliphatic carbocycles.